The summed E-state index contributed by atoms with van der Waals surface area (Å²) in [7, 11) is 0. The highest BCUT2D eigenvalue weighted by molar-refractivity contribution is 7.17. The van der Waals surface area contributed by atoms with Crippen LogP contribution < -0.4 is 0 Å². The van der Waals surface area contributed by atoms with Gasteiger partial charge in [-0.3, -0.25) is 4.79 Å². The van der Waals surface area contributed by atoms with Gasteiger partial charge in [0, 0.05) is 55.3 Å². The van der Waals surface area contributed by atoms with Gasteiger partial charge in [-0.2, -0.15) is 0 Å². The van der Waals surface area contributed by atoms with Crippen LogP contribution in [0.3, 0.4) is 0 Å². The minimum absolute atomic E-state index is 0.0508. The van der Waals surface area contributed by atoms with Crippen molar-refractivity contribution in [3.8, 4) is 10.6 Å². The van der Waals surface area contributed by atoms with E-state index in [1.807, 2.05) is 24.1 Å². The van der Waals surface area contributed by atoms with Crippen molar-refractivity contribution in [1.29, 1.82) is 0 Å². The van der Waals surface area contributed by atoms with Gasteiger partial charge >= 0.3 is 0 Å². The molecule has 7 nitrogen and oxygen atoms in total. The molecule has 0 saturated carbocycles. The van der Waals surface area contributed by atoms with Crippen LogP contribution in [-0.2, 0) is 9.47 Å². The first-order valence-corrected chi connectivity index (χ1v) is 11.3. The quantitative estimate of drug-likeness (QED) is 0.633. The normalized spacial score (nSPS) is 18.7. The van der Waals surface area contributed by atoms with E-state index in [0.29, 0.717) is 37.2 Å². The molecule has 158 valence electrons. The van der Waals surface area contributed by atoms with Gasteiger partial charge in [-0.1, -0.05) is 0 Å². The highest BCUT2D eigenvalue weighted by Gasteiger charge is 2.41. The number of rotatable bonds is 3. The summed E-state index contributed by atoms with van der Waals surface area (Å²) in [5, 5.41) is 1.93. The SMILES string of the molecule is Cc1nc(-c2cn(C(C)C)c3ncccc23)sc1C(=O)N1CCC2(CC1)OCCO2. The van der Waals surface area contributed by atoms with Crippen LogP contribution in [0.2, 0.25) is 0 Å². The summed E-state index contributed by atoms with van der Waals surface area (Å²) in [5.74, 6) is -0.425. The number of nitrogens with zero attached hydrogens (tertiary/aromatic N) is 4. The maximum absolute atomic E-state index is 13.2. The fraction of sp³-hybridized carbons (Fsp3) is 0.500. The summed E-state index contributed by atoms with van der Waals surface area (Å²) in [6.45, 7) is 8.77. The van der Waals surface area contributed by atoms with Crippen molar-refractivity contribution in [2.24, 2.45) is 0 Å². The molecule has 30 heavy (non-hydrogen) atoms. The van der Waals surface area contributed by atoms with E-state index in [9.17, 15) is 4.79 Å². The third kappa shape index (κ3) is 3.23. The molecule has 0 atom stereocenters. The Morgan fingerprint density at radius 3 is 2.67 bits per heavy atom. The first kappa shape index (κ1) is 19.7. The Morgan fingerprint density at radius 1 is 1.23 bits per heavy atom. The number of carbonyl (C=O) groups is 1. The Morgan fingerprint density at radius 2 is 1.97 bits per heavy atom. The molecule has 0 aromatic carbocycles. The number of ether oxygens (including phenoxy) is 2. The maximum Gasteiger partial charge on any atom is 0.265 e. The van der Waals surface area contributed by atoms with E-state index in [0.717, 1.165) is 40.1 Å². The lowest BCUT2D eigenvalue weighted by atomic mass is 10.0. The predicted octanol–water partition coefficient (Wildman–Crippen LogP) is 4.03. The van der Waals surface area contributed by atoms with Crippen molar-refractivity contribution in [1.82, 2.24) is 19.4 Å². The lowest BCUT2D eigenvalue weighted by Crippen LogP contribution is -2.47. The molecule has 8 heteroatoms. The van der Waals surface area contributed by atoms with E-state index in [2.05, 4.69) is 35.7 Å². The van der Waals surface area contributed by atoms with Crippen molar-refractivity contribution < 1.29 is 14.3 Å². The van der Waals surface area contributed by atoms with Gasteiger partial charge < -0.3 is 18.9 Å². The van der Waals surface area contributed by atoms with Gasteiger partial charge in [0.15, 0.2) is 5.79 Å². The van der Waals surface area contributed by atoms with E-state index < -0.39 is 5.79 Å². The molecule has 0 bridgehead atoms. The van der Waals surface area contributed by atoms with E-state index in [1.54, 1.807) is 0 Å². The van der Waals surface area contributed by atoms with Crippen LogP contribution in [-0.4, -0.2) is 57.4 Å². The number of likely N-dealkylation sites (tertiary alicyclic amines) is 1. The molecule has 2 saturated heterocycles. The first-order chi connectivity index (χ1) is 14.5. The summed E-state index contributed by atoms with van der Waals surface area (Å²) in [6.07, 6.45) is 5.36. The van der Waals surface area contributed by atoms with Gasteiger partial charge in [-0.05, 0) is 32.9 Å². The summed E-state index contributed by atoms with van der Waals surface area (Å²) >= 11 is 1.47. The molecule has 0 aliphatic carbocycles. The average Bonchev–Trinajstić information content (AvgIpc) is 3.45. The molecule has 1 amide bonds. The van der Waals surface area contributed by atoms with Crippen molar-refractivity contribution in [3.05, 3.63) is 35.1 Å². The highest BCUT2D eigenvalue weighted by atomic mass is 32.1. The zero-order valence-electron chi connectivity index (χ0n) is 17.6. The zero-order chi connectivity index (χ0) is 20.9. The Bertz CT molecular complexity index is 1090. The molecule has 0 unspecified atom stereocenters. The second-order valence-corrected chi connectivity index (χ2v) is 9.25. The number of amides is 1. The second-order valence-electron chi connectivity index (χ2n) is 8.25. The van der Waals surface area contributed by atoms with Crippen LogP contribution in [0.15, 0.2) is 24.5 Å². The highest BCUT2D eigenvalue weighted by Crippen LogP contribution is 2.37. The van der Waals surface area contributed by atoms with E-state index >= 15 is 0 Å². The minimum atomic E-state index is -0.476. The average molecular weight is 427 g/mol. The third-order valence-corrected chi connectivity index (χ3v) is 7.17. The molecule has 1 spiro atoms. The van der Waals surface area contributed by atoms with Crippen molar-refractivity contribution in [2.75, 3.05) is 26.3 Å². The van der Waals surface area contributed by atoms with Gasteiger partial charge in [0.2, 0.25) is 0 Å². The van der Waals surface area contributed by atoms with Crippen LogP contribution in [0.5, 0.6) is 0 Å². The third-order valence-electron chi connectivity index (χ3n) is 5.99. The molecule has 0 N–H and O–H groups in total. The molecular formula is C22H26N4O3S. The topological polar surface area (TPSA) is 69.5 Å². The predicted molar refractivity (Wildman–Crippen MR) is 116 cm³/mol. The monoisotopic (exact) mass is 426 g/mol. The molecule has 2 aliphatic rings. The van der Waals surface area contributed by atoms with Crippen LogP contribution in [0.4, 0.5) is 0 Å². The fourth-order valence-corrected chi connectivity index (χ4v) is 5.39. The zero-order valence-corrected chi connectivity index (χ0v) is 18.4. The first-order valence-electron chi connectivity index (χ1n) is 10.5. The maximum atomic E-state index is 13.2. The number of pyridine rings is 1. The van der Waals surface area contributed by atoms with Crippen molar-refractivity contribution >= 4 is 28.3 Å². The molecule has 3 aromatic rings. The molecule has 3 aromatic heterocycles. The number of carbonyl (C=O) groups excluding carboxylic acids is 1. The number of aromatic nitrogens is 3. The summed E-state index contributed by atoms with van der Waals surface area (Å²) < 4.78 is 13.7. The van der Waals surface area contributed by atoms with Gasteiger partial charge in [0.25, 0.3) is 5.91 Å². The van der Waals surface area contributed by atoms with Gasteiger partial charge in [0.05, 0.1) is 18.9 Å². The summed E-state index contributed by atoms with van der Waals surface area (Å²) in [6, 6.07) is 4.30. The molecule has 5 heterocycles. The number of fused-ring (bicyclic) bond motifs is 1. The lowest BCUT2D eigenvalue weighted by molar-refractivity contribution is -0.181. The summed E-state index contributed by atoms with van der Waals surface area (Å²) in [4.78, 5) is 25.2. The molecule has 0 radical (unpaired) electrons. The van der Waals surface area contributed by atoms with Gasteiger partial charge in [-0.25, -0.2) is 9.97 Å². The van der Waals surface area contributed by atoms with Crippen molar-refractivity contribution in [2.45, 2.75) is 45.4 Å². The standard InChI is InChI=1S/C22H26N4O3S/c1-14(2)26-13-17(16-5-4-8-23-19(16)26)20-24-15(3)18(30-20)21(27)25-9-6-22(7-10-25)28-11-12-29-22/h4-5,8,13-14H,6-7,9-12H2,1-3H3. The molecule has 5 rings (SSSR count). The Hall–Kier alpha value is -2.29. The second kappa shape index (κ2) is 7.44. The van der Waals surface area contributed by atoms with Crippen LogP contribution in [0, 0.1) is 6.92 Å². The fourth-order valence-electron chi connectivity index (χ4n) is 4.34. The Balaban J connectivity index is 1.43. The molecule has 2 fully saturated rings. The summed E-state index contributed by atoms with van der Waals surface area (Å²) in [5.41, 5.74) is 2.76. The van der Waals surface area contributed by atoms with Gasteiger partial charge in [0.1, 0.15) is 15.5 Å². The number of piperidine rings is 1. The lowest BCUT2D eigenvalue weighted by Gasteiger charge is -2.37. The van der Waals surface area contributed by atoms with Crippen LogP contribution in [0.25, 0.3) is 21.6 Å². The Kier molecular flexibility index (Phi) is 4.88. The molecule has 2 aliphatic heterocycles. The molecular weight excluding hydrogens is 400 g/mol. The Labute approximate surface area is 179 Å². The number of hydrogen-bond acceptors (Lipinski definition) is 6. The van der Waals surface area contributed by atoms with E-state index in [1.165, 1.54) is 11.3 Å². The van der Waals surface area contributed by atoms with E-state index in [-0.39, 0.29) is 5.91 Å². The number of thiazole rings is 1. The minimum Gasteiger partial charge on any atom is -0.347 e. The van der Waals surface area contributed by atoms with Crippen LogP contribution >= 0.6 is 11.3 Å². The smallest absolute Gasteiger partial charge is 0.265 e. The van der Waals surface area contributed by atoms with Crippen LogP contribution in [0.1, 0.15) is 48.1 Å². The largest absolute Gasteiger partial charge is 0.347 e. The van der Waals surface area contributed by atoms with E-state index in [4.69, 9.17) is 14.5 Å². The number of hydrogen-bond donors (Lipinski definition) is 0. The van der Waals surface area contributed by atoms with Crippen molar-refractivity contribution in [3.63, 3.8) is 0 Å². The van der Waals surface area contributed by atoms with Gasteiger partial charge in [-0.15, -0.1) is 11.3 Å². The number of aryl methyl sites for hydroxylation is 1.